The fourth-order valence-electron chi connectivity index (χ4n) is 1.98. The van der Waals surface area contributed by atoms with Crippen LogP contribution in [-0.4, -0.2) is 27.8 Å². The van der Waals surface area contributed by atoms with Gasteiger partial charge in [-0.3, -0.25) is 4.98 Å². The van der Waals surface area contributed by atoms with E-state index in [2.05, 4.69) is 10.3 Å². The standard InChI is InChI=1S/C15H16N2O3/c1-15(10-18,11-5-3-2-4-6-11)17-13-7-8-16-9-12(13)14(19)20/h2-9,18H,10H2,1H3,(H,16,17)(H,19,20). The van der Waals surface area contributed by atoms with Crippen molar-refractivity contribution in [2.75, 3.05) is 11.9 Å². The zero-order chi connectivity index (χ0) is 14.6. The van der Waals surface area contributed by atoms with Crippen LogP contribution >= 0.6 is 0 Å². The molecule has 1 aromatic heterocycles. The summed E-state index contributed by atoms with van der Waals surface area (Å²) in [4.78, 5) is 15.0. The lowest BCUT2D eigenvalue weighted by Gasteiger charge is -2.31. The van der Waals surface area contributed by atoms with Crippen molar-refractivity contribution in [3.8, 4) is 0 Å². The van der Waals surface area contributed by atoms with Gasteiger partial charge in [-0.2, -0.15) is 0 Å². The van der Waals surface area contributed by atoms with Crippen LogP contribution in [0.1, 0.15) is 22.8 Å². The molecule has 0 aliphatic carbocycles. The van der Waals surface area contributed by atoms with Gasteiger partial charge in [0.05, 0.1) is 17.8 Å². The highest BCUT2D eigenvalue weighted by Gasteiger charge is 2.27. The average molecular weight is 272 g/mol. The second kappa shape index (κ2) is 5.71. The first-order chi connectivity index (χ1) is 9.57. The topological polar surface area (TPSA) is 82.5 Å². The molecule has 0 spiro atoms. The third kappa shape index (κ3) is 2.78. The zero-order valence-corrected chi connectivity index (χ0v) is 11.1. The maximum absolute atomic E-state index is 11.2. The summed E-state index contributed by atoms with van der Waals surface area (Å²) in [6, 6.07) is 11.0. The van der Waals surface area contributed by atoms with Crippen LogP contribution < -0.4 is 5.32 Å². The Hall–Kier alpha value is -2.40. The second-order valence-electron chi connectivity index (χ2n) is 4.71. The van der Waals surface area contributed by atoms with Crippen LogP contribution in [0.2, 0.25) is 0 Å². The number of aromatic nitrogens is 1. The van der Waals surface area contributed by atoms with Crippen LogP contribution in [0.5, 0.6) is 0 Å². The third-order valence-corrected chi connectivity index (χ3v) is 3.19. The van der Waals surface area contributed by atoms with Crippen molar-refractivity contribution in [3.63, 3.8) is 0 Å². The van der Waals surface area contributed by atoms with Gasteiger partial charge in [0.15, 0.2) is 0 Å². The monoisotopic (exact) mass is 272 g/mol. The summed E-state index contributed by atoms with van der Waals surface area (Å²) < 4.78 is 0. The van der Waals surface area contributed by atoms with Gasteiger partial charge < -0.3 is 15.5 Å². The lowest BCUT2D eigenvalue weighted by atomic mass is 9.92. The number of aliphatic hydroxyl groups excluding tert-OH is 1. The summed E-state index contributed by atoms with van der Waals surface area (Å²) >= 11 is 0. The first kappa shape index (κ1) is 14.0. The molecular weight excluding hydrogens is 256 g/mol. The first-order valence-electron chi connectivity index (χ1n) is 6.19. The number of nitrogens with one attached hydrogen (secondary N) is 1. The number of hydrogen-bond donors (Lipinski definition) is 3. The zero-order valence-electron chi connectivity index (χ0n) is 11.1. The Morgan fingerprint density at radius 2 is 2.00 bits per heavy atom. The Kier molecular flexibility index (Phi) is 4.00. The van der Waals surface area contributed by atoms with Crippen LogP contribution in [0.3, 0.4) is 0 Å². The molecule has 1 unspecified atom stereocenters. The Morgan fingerprint density at radius 1 is 1.30 bits per heavy atom. The summed E-state index contributed by atoms with van der Waals surface area (Å²) in [5.41, 5.74) is 0.596. The van der Waals surface area contributed by atoms with Crippen LogP contribution in [0.4, 0.5) is 5.69 Å². The summed E-state index contributed by atoms with van der Waals surface area (Å²) in [6.07, 6.45) is 2.80. The number of hydrogen-bond acceptors (Lipinski definition) is 4. The number of carboxylic acids is 1. The highest BCUT2D eigenvalue weighted by Crippen LogP contribution is 2.27. The van der Waals surface area contributed by atoms with Crippen molar-refractivity contribution in [3.05, 3.63) is 59.9 Å². The molecule has 0 bridgehead atoms. The van der Waals surface area contributed by atoms with Crippen LogP contribution in [0.25, 0.3) is 0 Å². The maximum atomic E-state index is 11.2. The predicted octanol–water partition coefficient (Wildman–Crippen LogP) is 2.10. The van der Waals surface area contributed by atoms with Gasteiger partial charge in [-0.05, 0) is 18.6 Å². The Morgan fingerprint density at radius 3 is 2.60 bits per heavy atom. The van der Waals surface area contributed by atoms with Crippen molar-refractivity contribution in [1.29, 1.82) is 0 Å². The van der Waals surface area contributed by atoms with E-state index in [1.165, 1.54) is 12.4 Å². The summed E-state index contributed by atoms with van der Waals surface area (Å²) in [6.45, 7) is 1.65. The van der Waals surface area contributed by atoms with Crippen LogP contribution in [0, 0.1) is 0 Å². The molecule has 20 heavy (non-hydrogen) atoms. The highest BCUT2D eigenvalue weighted by atomic mass is 16.4. The normalized spacial score (nSPS) is 13.5. The van der Waals surface area contributed by atoms with Crippen molar-refractivity contribution in [1.82, 2.24) is 4.98 Å². The van der Waals surface area contributed by atoms with Gasteiger partial charge in [-0.1, -0.05) is 30.3 Å². The molecule has 0 fully saturated rings. The minimum atomic E-state index is -1.06. The maximum Gasteiger partial charge on any atom is 0.339 e. The van der Waals surface area contributed by atoms with E-state index in [1.807, 2.05) is 37.3 Å². The van der Waals surface area contributed by atoms with Crippen molar-refractivity contribution in [2.24, 2.45) is 0 Å². The van der Waals surface area contributed by atoms with E-state index in [0.29, 0.717) is 5.69 Å². The largest absolute Gasteiger partial charge is 0.478 e. The summed E-state index contributed by atoms with van der Waals surface area (Å²) in [5.74, 6) is -1.06. The molecule has 5 heteroatoms. The van der Waals surface area contributed by atoms with Crippen molar-refractivity contribution in [2.45, 2.75) is 12.5 Å². The number of carboxylic acid groups (broad SMARTS) is 1. The van der Waals surface area contributed by atoms with Gasteiger partial charge in [0, 0.05) is 12.4 Å². The molecule has 0 saturated carbocycles. The smallest absolute Gasteiger partial charge is 0.339 e. The minimum Gasteiger partial charge on any atom is -0.478 e. The van der Waals surface area contributed by atoms with Gasteiger partial charge in [0.2, 0.25) is 0 Å². The average Bonchev–Trinajstić information content (AvgIpc) is 2.48. The van der Waals surface area contributed by atoms with Crippen molar-refractivity contribution < 1.29 is 15.0 Å². The number of anilines is 1. The number of benzene rings is 1. The Bertz CT molecular complexity index is 601. The number of aromatic carboxylic acids is 1. The lowest BCUT2D eigenvalue weighted by Crippen LogP contribution is -2.36. The fraction of sp³-hybridized carbons (Fsp3) is 0.200. The highest BCUT2D eigenvalue weighted by molar-refractivity contribution is 5.93. The molecule has 1 heterocycles. The van der Waals surface area contributed by atoms with E-state index in [-0.39, 0.29) is 12.2 Å². The van der Waals surface area contributed by atoms with E-state index >= 15 is 0 Å². The molecule has 2 rings (SSSR count). The number of rotatable bonds is 5. The lowest BCUT2D eigenvalue weighted by molar-refractivity contribution is 0.0697. The molecule has 104 valence electrons. The van der Waals surface area contributed by atoms with Crippen molar-refractivity contribution >= 4 is 11.7 Å². The van der Waals surface area contributed by atoms with Gasteiger partial charge >= 0.3 is 5.97 Å². The number of pyridine rings is 1. The quantitative estimate of drug-likeness (QED) is 0.776. The van der Waals surface area contributed by atoms with Crippen LogP contribution in [0.15, 0.2) is 48.8 Å². The SMILES string of the molecule is CC(CO)(Nc1ccncc1C(=O)O)c1ccccc1. The first-order valence-corrected chi connectivity index (χ1v) is 6.19. The van der Waals surface area contributed by atoms with Gasteiger partial charge in [0.1, 0.15) is 5.56 Å². The van der Waals surface area contributed by atoms with E-state index in [9.17, 15) is 9.90 Å². The molecule has 0 aliphatic rings. The van der Waals surface area contributed by atoms with Crippen LogP contribution in [-0.2, 0) is 5.54 Å². The third-order valence-electron chi connectivity index (χ3n) is 3.19. The minimum absolute atomic E-state index is 0.0723. The molecule has 3 N–H and O–H groups in total. The van der Waals surface area contributed by atoms with E-state index < -0.39 is 11.5 Å². The number of nitrogens with zero attached hydrogens (tertiary/aromatic N) is 1. The molecule has 5 nitrogen and oxygen atoms in total. The van der Waals surface area contributed by atoms with E-state index in [4.69, 9.17) is 5.11 Å². The van der Waals surface area contributed by atoms with Gasteiger partial charge in [-0.15, -0.1) is 0 Å². The fourth-order valence-corrected chi connectivity index (χ4v) is 1.98. The molecular formula is C15H16N2O3. The predicted molar refractivity (Wildman–Crippen MR) is 75.7 cm³/mol. The Balaban J connectivity index is 2.39. The van der Waals surface area contributed by atoms with Gasteiger partial charge in [0.25, 0.3) is 0 Å². The molecule has 0 amide bonds. The number of aliphatic hydroxyl groups is 1. The summed E-state index contributed by atoms with van der Waals surface area (Å²) in [5, 5.41) is 22.0. The molecule has 2 aromatic rings. The second-order valence-corrected chi connectivity index (χ2v) is 4.71. The number of carbonyl (C=O) groups is 1. The van der Waals surface area contributed by atoms with Gasteiger partial charge in [-0.25, -0.2) is 4.79 Å². The molecule has 0 saturated heterocycles. The molecule has 1 atom stereocenters. The summed E-state index contributed by atoms with van der Waals surface area (Å²) in [7, 11) is 0. The Labute approximate surface area is 116 Å². The van der Waals surface area contributed by atoms with E-state index in [1.54, 1.807) is 6.07 Å². The molecule has 0 aliphatic heterocycles. The molecule has 0 radical (unpaired) electrons. The molecule has 1 aromatic carbocycles. The van der Waals surface area contributed by atoms with E-state index in [0.717, 1.165) is 5.56 Å².